The van der Waals surface area contributed by atoms with Crippen molar-refractivity contribution in [1.82, 2.24) is 9.80 Å². The first kappa shape index (κ1) is 22.2. The van der Waals surface area contributed by atoms with Gasteiger partial charge in [0.2, 0.25) is 5.91 Å². The van der Waals surface area contributed by atoms with Crippen LogP contribution in [-0.4, -0.2) is 46.5 Å². The second-order valence-corrected chi connectivity index (χ2v) is 10.0. The Labute approximate surface area is 183 Å². The maximum atomic E-state index is 13.4. The Morgan fingerprint density at radius 2 is 1.79 bits per heavy atom. The normalized spacial score (nSPS) is 24.9. The number of fused-ring (bicyclic) bond motifs is 1. The van der Waals surface area contributed by atoms with Crippen LogP contribution >= 0.6 is 23.2 Å². The molecule has 3 atom stereocenters. The maximum absolute atomic E-state index is 13.4. The lowest BCUT2D eigenvalue weighted by molar-refractivity contribution is -0.140. The van der Waals surface area contributed by atoms with Gasteiger partial charge in [0.05, 0.1) is 12.0 Å². The Bertz CT molecular complexity index is 806. The van der Waals surface area contributed by atoms with E-state index in [4.69, 9.17) is 27.9 Å². The molecule has 0 bridgehead atoms. The van der Waals surface area contributed by atoms with Gasteiger partial charge in [0, 0.05) is 29.2 Å². The van der Waals surface area contributed by atoms with Crippen LogP contribution in [0.2, 0.25) is 10.0 Å². The van der Waals surface area contributed by atoms with Gasteiger partial charge in [0.25, 0.3) is 0 Å². The zero-order valence-corrected chi connectivity index (χ0v) is 19.3. The summed E-state index contributed by atoms with van der Waals surface area (Å²) in [4.78, 5) is 29.6. The minimum Gasteiger partial charge on any atom is -0.444 e. The monoisotopic (exact) mass is 440 g/mol. The van der Waals surface area contributed by atoms with Gasteiger partial charge >= 0.3 is 6.09 Å². The molecule has 2 aliphatic heterocycles. The highest BCUT2D eigenvalue weighted by molar-refractivity contribution is 6.35. The lowest BCUT2D eigenvalue weighted by Gasteiger charge is -2.42. The Balaban J connectivity index is 1.75. The van der Waals surface area contributed by atoms with E-state index >= 15 is 0 Å². The van der Waals surface area contributed by atoms with Gasteiger partial charge in [-0.2, -0.15) is 0 Å². The number of nitrogens with zero attached hydrogens (tertiary/aromatic N) is 2. The Morgan fingerprint density at radius 3 is 2.45 bits per heavy atom. The molecule has 1 fully saturated rings. The van der Waals surface area contributed by atoms with E-state index < -0.39 is 5.60 Å². The SMILES string of the molecule is CC1CCC(C(=O)N2CCc3cc(Cl)cc(Cl)c3[C@@H]2C)CN1C(=O)OC(C)(C)C. The van der Waals surface area contributed by atoms with Gasteiger partial charge in [0.15, 0.2) is 0 Å². The van der Waals surface area contributed by atoms with E-state index in [0.717, 1.165) is 30.4 Å². The molecule has 160 valence electrons. The van der Waals surface area contributed by atoms with Crippen LogP contribution in [-0.2, 0) is 16.0 Å². The van der Waals surface area contributed by atoms with E-state index in [1.54, 1.807) is 11.0 Å². The van der Waals surface area contributed by atoms with Crippen LogP contribution in [0, 0.1) is 5.92 Å². The van der Waals surface area contributed by atoms with E-state index in [9.17, 15) is 9.59 Å². The molecular weight excluding hydrogens is 411 g/mol. The lowest BCUT2D eigenvalue weighted by atomic mass is 9.89. The molecule has 3 rings (SSSR count). The standard InChI is InChI=1S/C22H30Cl2N2O3/c1-13-6-7-16(12-26(13)21(28)29-22(3,4)5)20(27)25-9-8-15-10-17(23)11-18(24)19(15)14(25)2/h10-11,13-14,16H,6-9,12H2,1-5H3/t13?,14-,16?/m0/s1. The fourth-order valence-corrected chi connectivity index (χ4v) is 5.02. The van der Waals surface area contributed by atoms with Crippen molar-refractivity contribution in [3.8, 4) is 0 Å². The first-order valence-corrected chi connectivity index (χ1v) is 11.0. The van der Waals surface area contributed by atoms with Crippen molar-refractivity contribution in [3.05, 3.63) is 33.3 Å². The zero-order valence-electron chi connectivity index (χ0n) is 17.8. The van der Waals surface area contributed by atoms with Crippen molar-refractivity contribution >= 4 is 35.2 Å². The third-order valence-corrected chi connectivity index (χ3v) is 6.36. The number of likely N-dealkylation sites (tertiary alicyclic amines) is 1. The Kier molecular flexibility index (Phi) is 6.40. The molecule has 2 unspecified atom stereocenters. The van der Waals surface area contributed by atoms with Crippen LogP contribution in [0.3, 0.4) is 0 Å². The molecule has 0 aliphatic carbocycles. The smallest absolute Gasteiger partial charge is 0.410 e. The van der Waals surface area contributed by atoms with Crippen molar-refractivity contribution in [2.24, 2.45) is 5.92 Å². The van der Waals surface area contributed by atoms with Crippen molar-refractivity contribution in [2.45, 2.75) is 71.6 Å². The van der Waals surface area contributed by atoms with E-state index in [1.807, 2.05) is 45.6 Å². The molecule has 0 radical (unpaired) electrons. The lowest BCUT2D eigenvalue weighted by Crippen LogP contribution is -2.52. The molecule has 2 amide bonds. The van der Waals surface area contributed by atoms with Crippen LogP contribution in [0.15, 0.2) is 12.1 Å². The summed E-state index contributed by atoms with van der Waals surface area (Å²) in [6.45, 7) is 10.6. The van der Waals surface area contributed by atoms with Crippen molar-refractivity contribution in [2.75, 3.05) is 13.1 Å². The highest BCUT2D eigenvalue weighted by atomic mass is 35.5. The minimum absolute atomic E-state index is 0.0602. The molecule has 5 nitrogen and oxygen atoms in total. The second-order valence-electron chi connectivity index (χ2n) is 9.17. The van der Waals surface area contributed by atoms with E-state index in [-0.39, 0.29) is 30.0 Å². The average molecular weight is 441 g/mol. The molecular formula is C22H30Cl2N2O3. The summed E-state index contributed by atoms with van der Waals surface area (Å²) in [5.74, 6) is -0.150. The van der Waals surface area contributed by atoms with E-state index in [0.29, 0.717) is 23.1 Å². The first-order chi connectivity index (χ1) is 13.5. The molecule has 1 saturated heterocycles. The van der Waals surface area contributed by atoms with Gasteiger partial charge in [-0.15, -0.1) is 0 Å². The number of halogens is 2. The van der Waals surface area contributed by atoms with Crippen LogP contribution < -0.4 is 0 Å². The molecule has 2 heterocycles. The number of carbonyl (C=O) groups excluding carboxylic acids is 2. The van der Waals surface area contributed by atoms with Crippen molar-refractivity contribution in [1.29, 1.82) is 0 Å². The molecule has 0 aromatic heterocycles. The average Bonchev–Trinajstić information content (AvgIpc) is 2.59. The van der Waals surface area contributed by atoms with Gasteiger partial charge < -0.3 is 14.5 Å². The molecule has 29 heavy (non-hydrogen) atoms. The number of carbonyl (C=O) groups is 2. The van der Waals surface area contributed by atoms with Gasteiger partial charge in [-0.3, -0.25) is 4.79 Å². The fraction of sp³-hybridized carbons (Fsp3) is 0.636. The number of amides is 2. The predicted molar refractivity (Wildman–Crippen MR) is 115 cm³/mol. The summed E-state index contributed by atoms with van der Waals surface area (Å²) < 4.78 is 5.55. The number of benzene rings is 1. The molecule has 0 spiro atoms. The summed E-state index contributed by atoms with van der Waals surface area (Å²) in [6, 6.07) is 3.61. The van der Waals surface area contributed by atoms with Gasteiger partial charge in [-0.1, -0.05) is 23.2 Å². The number of piperidine rings is 1. The van der Waals surface area contributed by atoms with Crippen LogP contribution in [0.4, 0.5) is 4.79 Å². The summed E-state index contributed by atoms with van der Waals surface area (Å²) >= 11 is 12.6. The Morgan fingerprint density at radius 1 is 1.10 bits per heavy atom. The molecule has 1 aromatic rings. The van der Waals surface area contributed by atoms with Crippen LogP contribution in [0.1, 0.15) is 64.6 Å². The topological polar surface area (TPSA) is 49.9 Å². The molecule has 1 aromatic carbocycles. The molecule has 7 heteroatoms. The largest absolute Gasteiger partial charge is 0.444 e. The number of hydrogen-bond acceptors (Lipinski definition) is 3. The van der Waals surface area contributed by atoms with Crippen LogP contribution in [0.5, 0.6) is 0 Å². The summed E-state index contributed by atoms with van der Waals surface area (Å²) in [5, 5.41) is 1.22. The van der Waals surface area contributed by atoms with Crippen LogP contribution in [0.25, 0.3) is 0 Å². The fourth-order valence-electron chi connectivity index (χ4n) is 4.32. The minimum atomic E-state index is -0.559. The van der Waals surface area contributed by atoms with E-state index in [1.165, 1.54) is 0 Å². The van der Waals surface area contributed by atoms with E-state index in [2.05, 4.69) is 0 Å². The zero-order chi connectivity index (χ0) is 21.5. The van der Waals surface area contributed by atoms with Gasteiger partial charge in [-0.25, -0.2) is 4.79 Å². The van der Waals surface area contributed by atoms with Crippen molar-refractivity contribution in [3.63, 3.8) is 0 Å². The molecule has 2 aliphatic rings. The highest BCUT2D eigenvalue weighted by Crippen LogP contribution is 2.38. The van der Waals surface area contributed by atoms with Gasteiger partial charge in [0.1, 0.15) is 5.60 Å². The third kappa shape index (κ3) is 4.83. The summed E-state index contributed by atoms with van der Waals surface area (Å²) in [5.41, 5.74) is 1.52. The van der Waals surface area contributed by atoms with Gasteiger partial charge in [-0.05, 0) is 77.1 Å². The Hall–Kier alpha value is -1.46. The molecule has 0 N–H and O–H groups in total. The number of ether oxygens (including phenoxy) is 1. The number of hydrogen-bond donors (Lipinski definition) is 0. The third-order valence-electron chi connectivity index (χ3n) is 5.83. The molecule has 0 saturated carbocycles. The quantitative estimate of drug-likeness (QED) is 0.580. The highest BCUT2D eigenvalue weighted by Gasteiger charge is 2.39. The summed E-state index contributed by atoms with van der Waals surface area (Å²) in [7, 11) is 0. The predicted octanol–water partition coefficient (Wildman–Crippen LogP) is 5.47. The second kappa shape index (κ2) is 8.35. The maximum Gasteiger partial charge on any atom is 0.410 e. The van der Waals surface area contributed by atoms with Crippen molar-refractivity contribution < 1.29 is 14.3 Å². The summed E-state index contributed by atoms with van der Waals surface area (Å²) in [6.07, 6.45) is 1.93. The first-order valence-electron chi connectivity index (χ1n) is 10.3. The number of rotatable bonds is 1.